The Morgan fingerprint density at radius 1 is 1.30 bits per heavy atom. The van der Waals surface area contributed by atoms with E-state index < -0.39 is 17.3 Å². The lowest BCUT2D eigenvalue weighted by Crippen LogP contribution is -2.23. The Morgan fingerprint density at radius 2 is 1.90 bits per heavy atom. The Balaban J connectivity index is 2.90. The van der Waals surface area contributed by atoms with E-state index in [2.05, 4.69) is 15.9 Å². The van der Waals surface area contributed by atoms with Gasteiger partial charge in [-0.05, 0) is 32.4 Å². The van der Waals surface area contributed by atoms with E-state index in [1.54, 1.807) is 0 Å². The number of methoxy groups -OCH3 is 1. The van der Waals surface area contributed by atoms with Crippen molar-refractivity contribution in [2.45, 2.75) is 38.5 Å². The second-order valence-electron chi connectivity index (χ2n) is 5.08. The van der Waals surface area contributed by atoms with Crippen LogP contribution in [0, 0.1) is 0 Å². The molecule has 0 bridgehead atoms. The third-order valence-electron chi connectivity index (χ3n) is 3.10. The SMILES string of the molecule is COC(C)(C)CCC(=O)c1ccc(Br)c(C(F)(F)F)c1. The molecule has 0 radical (unpaired) electrons. The second kappa shape index (κ2) is 6.26. The quantitative estimate of drug-likeness (QED) is 0.707. The Bertz CT molecular complexity index is 496. The number of rotatable bonds is 5. The number of benzene rings is 1. The Labute approximate surface area is 124 Å². The van der Waals surface area contributed by atoms with Crippen molar-refractivity contribution in [3.63, 3.8) is 0 Å². The maximum atomic E-state index is 12.8. The predicted octanol–water partition coefficient (Wildman–Crippen LogP) is 4.86. The molecule has 2 nitrogen and oxygen atoms in total. The van der Waals surface area contributed by atoms with Gasteiger partial charge in [-0.3, -0.25) is 4.79 Å². The minimum Gasteiger partial charge on any atom is -0.379 e. The molecule has 6 heteroatoms. The van der Waals surface area contributed by atoms with Gasteiger partial charge in [-0.25, -0.2) is 0 Å². The molecule has 0 aliphatic rings. The van der Waals surface area contributed by atoms with Crippen LogP contribution in [0.5, 0.6) is 0 Å². The smallest absolute Gasteiger partial charge is 0.379 e. The van der Waals surface area contributed by atoms with Gasteiger partial charge in [-0.2, -0.15) is 13.2 Å². The van der Waals surface area contributed by atoms with Crippen molar-refractivity contribution in [2.75, 3.05) is 7.11 Å². The molecular weight excluding hydrogens is 337 g/mol. The molecule has 0 saturated heterocycles. The molecule has 1 aromatic rings. The Hall–Kier alpha value is -0.880. The fraction of sp³-hybridized carbons (Fsp3) is 0.500. The van der Waals surface area contributed by atoms with E-state index in [-0.39, 0.29) is 22.2 Å². The van der Waals surface area contributed by atoms with Gasteiger partial charge in [-0.15, -0.1) is 0 Å². The summed E-state index contributed by atoms with van der Waals surface area (Å²) in [5, 5.41) is 0. The second-order valence-corrected chi connectivity index (χ2v) is 5.93. The third kappa shape index (κ3) is 4.59. The number of hydrogen-bond donors (Lipinski definition) is 0. The van der Waals surface area contributed by atoms with Crippen LogP contribution in [0.1, 0.15) is 42.6 Å². The summed E-state index contributed by atoms with van der Waals surface area (Å²) in [7, 11) is 1.53. The molecule has 0 heterocycles. The van der Waals surface area contributed by atoms with Crippen LogP contribution >= 0.6 is 15.9 Å². The zero-order valence-corrected chi connectivity index (χ0v) is 13.1. The highest BCUT2D eigenvalue weighted by atomic mass is 79.9. The first-order valence-electron chi connectivity index (χ1n) is 6.02. The first kappa shape index (κ1) is 17.2. The van der Waals surface area contributed by atoms with Crippen molar-refractivity contribution in [2.24, 2.45) is 0 Å². The first-order chi connectivity index (χ1) is 9.07. The number of hydrogen-bond acceptors (Lipinski definition) is 2. The maximum Gasteiger partial charge on any atom is 0.417 e. The van der Waals surface area contributed by atoms with Gasteiger partial charge in [0.25, 0.3) is 0 Å². The summed E-state index contributed by atoms with van der Waals surface area (Å²) in [5.41, 5.74) is -1.25. The standard InChI is InChI=1S/C14H16BrF3O2/c1-13(2,20-3)7-6-12(19)9-4-5-11(15)10(8-9)14(16,17)18/h4-5,8H,6-7H2,1-3H3. The van der Waals surface area contributed by atoms with Gasteiger partial charge in [0.05, 0.1) is 11.2 Å². The van der Waals surface area contributed by atoms with Gasteiger partial charge in [0.1, 0.15) is 0 Å². The number of carbonyl (C=O) groups excluding carboxylic acids is 1. The van der Waals surface area contributed by atoms with Gasteiger partial charge in [0, 0.05) is 23.6 Å². The molecule has 0 aromatic heterocycles. The van der Waals surface area contributed by atoms with Gasteiger partial charge < -0.3 is 4.74 Å². The van der Waals surface area contributed by atoms with Gasteiger partial charge in [0.15, 0.2) is 5.78 Å². The fourth-order valence-corrected chi connectivity index (χ4v) is 2.05. The van der Waals surface area contributed by atoms with Gasteiger partial charge in [-0.1, -0.05) is 22.0 Å². The van der Waals surface area contributed by atoms with E-state index in [1.807, 2.05) is 13.8 Å². The largest absolute Gasteiger partial charge is 0.417 e. The monoisotopic (exact) mass is 352 g/mol. The molecular formula is C14H16BrF3O2. The summed E-state index contributed by atoms with van der Waals surface area (Å²) in [6.45, 7) is 3.64. The number of alkyl halides is 3. The molecule has 0 fully saturated rings. The van der Waals surface area contributed by atoms with E-state index >= 15 is 0 Å². The van der Waals surface area contributed by atoms with Crippen LogP contribution in [0.15, 0.2) is 22.7 Å². The van der Waals surface area contributed by atoms with Gasteiger partial charge in [0.2, 0.25) is 0 Å². The zero-order chi connectivity index (χ0) is 15.6. The van der Waals surface area contributed by atoms with Crippen molar-refractivity contribution in [1.29, 1.82) is 0 Å². The molecule has 0 amide bonds. The lowest BCUT2D eigenvalue weighted by Gasteiger charge is -2.22. The van der Waals surface area contributed by atoms with Crippen molar-refractivity contribution >= 4 is 21.7 Å². The molecule has 0 N–H and O–H groups in total. The summed E-state index contributed by atoms with van der Waals surface area (Å²) in [4.78, 5) is 12.0. The molecule has 112 valence electrons. The van der Waals surface area contributed by atoms with Crippen LogP contribution in [0.25, 0.3) is 0 Å². The molecule has 1 rings (SSSR count). The van der Waals surface area contributed by atoms with Crippen molar-refractivity contribution < 1.29 is 22.7 Å². The third-order valence-corrected chi connectivity index (χ3v) is 3.79. The predicted molar refractivity (Wildman–Crippen MR) is 73.8 cm³/mol. The molecule has 20 heavy (non-hydrogen) atoms. The zero-order valence-electron chi connectivity index (χ0n) is 11.5. The topological polar surface area (TPSA) is 26.3 Å². The summed E-state index contributed by atoms with van der Waals surface area (Å²) in [6.07, 6.45) is -3.90. The minimum absolute atomic E-state index is 0.0624. The maximum absolute atomic E-state index is 12.8. The highest BCUT2D eigenvalue weighted by molar-refractivity contribution is 9.10. The molecule has 0 atom stereocenters. The van der Waals surface area contributed by atoms with E-state index in [0.717, 1.165) is 6.07 Å². The van der Waals surface area contributed by atoms with Crippen LogP contribution < -0.4 is 0 Å². The summed E-state index contributed by atoms with van der Waals surface area (Å²) in [6, 6.07) is 3.52. The van der Waals surface area contributed by atoms with Crippen molar-refractivity contribution in [1.82, 2.24) is 0 Å². The van der Waals surface area contributed by atoms with Crippen molar-refractivity contribution in [3.8, 4) is 0 Å². The van der Waals surface area contributed by atoms with Crippen LogP contribution in [-0.2, 0) is 10.9 Å². The highest BCUT2D eigenvalue weighted by Crippen LogP contribution is 2.35. The normalized spacial score (nSPS) is 12.6. The molecule has 0 saturated carbocycles. The van der Waals surface area contributed by atoms with Gasteiger partial charge >= 0.3 is 6.18 Å². The van der Waals surface area contributed by atoms with E-state index in [4.69, 9.17) is 4.74 Å². The number of ketones is 1. The number of ether oxygens (including phenoxy) is 1. The van der Waals surface area contributed by atoms with Crippen LogP contribution in [-0.4, -0.2) is 18.5 Å². The van der Waals surface area contributed by atoms with E-state index in [9.17, 15) is 18.0 Å². The highest BCUT2D eigenvalue weighted by Gasteiger charge is 2.33. The first-order valence-corrected chi connectivity index (χ1v) is 6.81. The number of Topliss-reactive ketones (excluding diaryl/α,β-unsaturated/α-hetero) is 1. The molecule has 0 aliphatic heterocycles. The molecule has 0 aliphatic carbocycles. The average molecular weight is 353 g/mol. The lowest BCUT2D eigenvalue weighted by molar-refractivity contribution is -0.138. The molecule has 0 spiro atoms. The minimum atomic E-state index is -4.49. The Kier molecular flexibility index (Phi) is 5.38. The van der Waals surface area contributed by atoms with Crippen LogP contribution in [0.2, 0.25) is 0 Å². The van der Waals surface area contributed by atoms with E-state index in [1.165, 1.54) is 19.2 Å². The lowest BCUT2D eigenvalue weighted by atomic mass is 9.97. The number of carbonyl (C=O) groups is 1. The van der Waals surface area contributed by atoms with Crippen LogP contribution in [0.3, 0.4) is 0 Å². The van der Waals surface area contributed by atoms with E-state index in [0.29, 0.717) is 6.42 Å². The summed E-state index contributed by atoms with van der Waals surface area (Å²) in [5.74, 6) is -0.326. The molecule has 1 aromatic carbocycles. The Morgan fingerprint density at radius 3 is 2.40 bits per heavy atom. The number of halogens is 4. The summed E-state index contributed by atoms with van der Waals surface area (Å²) < 4.78 is 43.4. The summed E-state index contributed by atoms with van der Waals surface area (Å²) >= 11 is 2.85. The van der Waals surface area contributed by atoms with Crippen LogP contribution in [0.4, 0.5) is 13.2 Å². The molecule has 0 unspecified atom stereocenters. The van der Waals surface area contributed by atoms with Crippen molar-refractivity contribution in [3.05, 3.63) is 33.8 Å². The average Bonchev–Trinajstić information content (AvgIpc) is 2.35. The fourth-order valence-electron chi connectivity index (χ4n) is 1.58.